The van der Waals surface area contributed by atoms with Crippen molar-refractivity contribution in [3.05, 3.63) is 47.8 Å². The molecule has 2 rings (SSSR count). The number of aromatic nitrogens is 2. The second-order valence-electron chi connectivity index (χ2n) is 5.30. The lowest BCUT2D eigenvalue weighted by molar-refractivity contribution is 0.305. The Morgan fingerprint density at radius 1 is 1.14 bits per heavy atom. The SMILES string of the molecule is CC(C)c1ccc(OCc2cnc(NS(C)(=O)=O)nc2)cc1. The molecule has 7 heteroatoms. The van der Waals surface area contributed by atoms with Gasteiger partial charge >= 0.3 is 0 Å². The molecule has 0 radical (unpaired) electrons. The lowest BCUT2D eigenvalue weighted by atomic mass is 10.0. The van der Waals surface area contributed by atoms with Crippen molar-refractivity contribution in [2.45, 2.75) is 26.4 Å². The smallest absolute Gasteiger partial charge is 0.236 e. The highest BCUT2D eigenvalue weighted by Crippen LogP contribution is 2.19. The number of rotatable bonds is 6. The molecular weight excluding hydrogens is 302 g/mol. The third kappa shape index (κ3) is 5.00. The predicted octanol–water partition coefficient (Wildman–Crippen LogP) is 2.55. The number of hydrogen-bond donors (Lipinski definition) is 1. The first-order chi connectivity index (χ1) is 10.3. The third-order valence-corrected chi connectivity index (χ3v) is 3.49. The average Bonchev–Trinajstić information content (AvgIpc) is 2.45. The van der Waals surface area contributed by atoms with E-state index in [-0.39, 0.29) is 5.95 Å². The van der Waals surface area contributed by atoms with Crippen LogP contribution in [0.5, 0.6) is 5.75 Å². The highest BCUT2D eigenvalue weighted by atomic mass is 32.2. The topological polar surface area (TPSA) is 81.2 Å². The fourth-order valence-corrected chi connectivity index (χ4v) is 2.20. The van der Waals surface area contributed by atoms with Crippen molar-refractivity contribution in [1.82, 2.24) is 9.97 Å². The Hall–Kier alpha value is -2.15. The zero-order valence-corrected chi connectivity index (χ0v) is 13.6. The fourth-order valence-electron chi connectivity index (χ4n) is 1.76. The lowest BCUT2D eigenvalue weighted by Gasteiger charge is -2.09. The van der Waals surface area contributed by atoms with Gasteiger partial charge in [0.05, 0.1) is 6.26 Å². The van der Waals surface area contributed by atoms with Gasteiger partial charge in [0.1, 0.15) is 12.4 Å². The van der Waals surface area contributed by atoms with E-state index >= 15 is 0 Å². The van der Waals surface area contributed by atoms with Crippen molar-refractivity contribution >= 4 is 16.0 Å². The molecule has 0 saturated carbocycles. The standard InChI is InChI=1S/C15H19N3O3S/c1-11(2)13-4-6-14(7-5-13)21-10-12-8-16-15(17-9-12)18-22(3,19)20/h4-9,11H,10H2,1-3H3,(H,16,17,18). The summed E-state index contributed by atoms with van der Waals surface area (Å²) in [7, 11) is -3.36. The van der Waals surface area contributed by atoms with Crippen molar-refractivity contribution in [2.24, 2.45) is 0 Å². The zero-order chi connectivity index (χ0) is 16.2. The Morgan fingerprint density at radius 2 is 1.73 bits per heavy atom. The Balaban J connectivity index is 1.94. The summed E-state index contributed by atoms with van der Waals surface area (Å²) in [5, 5.41) is 0. The van der Waals surface area contributed by atoms with E-state index < -0.39 is 10.0 Å². The van der Waals surface area contributed by atoms with Crippen molar-refractivity contribution < 1.29 is 13.2 Å². The number of sulfonamides is 1. The quantitative estimate of drug-likeness (QED) is 0.884. The van der Waals surface area contributed by atoms with Crippen LogP contribution in [0.2, 0.25) is 0 Å². The number of hydrogen-bond acceptors (Lipinski definition) is 5. The largest absolute Gasteiger partial charge is 0.489 e. The number of ether oxygens (including phenoxy) is 1. The molecule has 118 valence electrons. The van der Waals surface area contributed by atoms with Gasteiger partial charge in [-0.25, -0.2) is 18.4 Å². The first-order valence-electron chi connectivity index (χ1n) is 6.85. The van der Waals surface area contributed by atoms with E-state index in [1.165, 1.54) is 18.0 Å². The minimum atomic E-state index is -3.36. The monoisotopic (exact) mass is 321 g/mol. The molecule has 0 fully saturated rings. The van der Waals surface area contributed by atoms with Crippen LogP contribution in [0.15, 0.2) is 36.7 Å². The van der Waals surface area contributed by atoms with Crippen LogP contribution in [0, 0.1) is 0 Å². The van der Waals surface area contributed by atoms with E-state index in [1.54, 1.807) is 0 Å². The van der Waals surface area contributed by atoms with Crippen molar-refractivity contribution in [2.75, 3.05) is 11.0 Å². The molecular formula is C15H19N3O3S. The second kappa shape index (κ2) is 6.74. The van der Waals surface area contributed by atoms with Crippen LogP contribution in [0.4, 0.5) is 5.95 Å². The number of benzene rings is 1. The van der Waals surface area contributed by atoms with Gasteiger partial charge in [0.2, 0.25) is 16.0 Å². The average molecular weight is 321 g/mol. The van der Waals surface area contributed by atoms with E-state index in [1.807, 2.05) is 24.3 Å². The highest BCUT2D eigenvalue weighted by Gasteiger charge is 2.05. The minimum Gasteiger partial charge on any atom is -0.489 e. The molecule has 0 atom stereocenters. The summed E-state index contributed by atoms with van der Waals surface area (Å²) in [5.41, 5.74) is 2.01. The molecule has 0 amide bonds. The van der Waals surface area contributed by atoms with Gasteiger partial charge in [-0.2, -0.15) is 0 Å². The van der Waals surface area contributed by atoms with Gasteiger partial charge in [0.25, 0.3) is 0 Å². The summed E-state index contributed by atoms with van der Waals surface area (Å²) in [6.07, 6.45) is 4.11. The maximum Gasteiger partial charge on any atom is 0.236 e. The molecule has 0 spiro atoms. The maximum atomic E-state index is 11.1. The number of nitrogens with zero attached hydrogens (tertiary/aromatic N) is 2. The van der Waals surface area contributed by atoms with Crippen LogP contribution >= 0.6 is 0 Å². The Kier molecular flexibility index (Phi) is 4.97. The van der Waals surface area contributed by atoms with E-state index in [9.17, 15) is 8.42 Å². The van der Waals surface area contributed by atoms with E-state index in [4.69, 9.17) is 4.74 Å². The molecule has 1 heterocycles. The van der Waals surface area contributed by atoms with Gasteiger partial charge < -0.3 is 4.74 Å². The molecule has 1 aromatic heterocycles. The van der Waals surface area contributed by atoms with Gasteiger partial charge in [-0.3, -0.25) is 4.72 Å². The molecule has 1 aromatic carbocycles. The summed E-state index contributed by atoms with van der Waals surface area (Å²) >= 11 is 0. The molecule has 0 aliphatic heterocycles. The number of nitrogens with one attached hydrogen (secondary N) is 1. The molecule has 22 heavy (non-hydrogen) atoms. The maximum absolute atomic E-state index is 11.1. The normalized spacial score (nSPS) is 11.5. The van der Waals surface area contributed by atoms with Crippen LogP contribution in [-0.4, -0.2) is 24.6 Å². The lowest BCUT2D eigenvalue weighted by Crippen LogP contribution is -2.12. The van der Waals surface area contributed by atoms with Crippen LogP contribution in [-0.2, 0) is 16.6 Å². The summed E-state index contributed by atoms with van der Waals surface area (Å²) in [6.45, 7) is 4.60. The number of anilines is 1. The Morgan fingerprint density at radius 3 is 2.23 bits per heavy atom. The summed E-state index contributed by atoms with van der Waals surface area (Å²) in [4.78, 5) is 7.86. The molecule has 0 bridgehead atoms. The van der Waals surface area contributed by atoms with Gasteiger partial charge in [-0.05, 0) is 23.6 Å². The first-order valence-corrected chi connectivity index (χ1v) is 8.74. The second-order valence-corrected chi connectivity index (χ2v) is 7.05. The molecule has 0 unspecified atom stereocenters. The molecule has 1 N–H and O–H groups in total. The van der Waals surface area contributed by atoms with E-state index in [0.29, 0.717) is 12.5 Å². The van der Waals surface area contributed by atoms with Crippen molar-refractivity contribution in [3.63, 3.8) is 0 Å². The predicted molar refractivity (Wildman–Crippen MR) is 85.4 cm³/mol. The zero-order valence-electron chi connectivity index (χ0n) is 12.8. The van der Waals surface area contributed by atoms with Gasteiger partial charge in [-0.1, -0.05) is 26.0 Å². The molecule has 6 nitrogen and oxygen atoms in total. The van der Waals surface area contributed by atoms with E-state index in [0.717, 1.165) is 17.6 Å². The third-order valence-electron chi connectivity index (χ3n) is 2.93. The molecule has 0 aliphatic carbocycles. The van der Waals surface area contributed by atoms with Crippen LogP contribution in [0.25, 0.3) is 0 Å². The van der Waals surface area contributed by atoms with Gasteiger partial charge in [0, 0.05) is 18.0 Å². The first kappa shape index (κ1) is 16.2. The van der Waals surface area contributed by atoms with Crippen molar-refractivity contribution in [3.8, 4) is 5.75 Å². The molecule has 0 aliphatic rings. The summed E-state index contributed by atoms with van der Waals surface area (Å²) in [5.74, 6) is 1.30. The van der Waals surface area contributed by atoms with Gasteiger partial charge in [0.15, 0.2) is 0 Å². The van der Waals surface area contributed by atoms with E-state index in [2.05, 4.69) is 28.5 Å². The van der Waals surface area contributed by atoms with Gasteiger partial charge in [-0.15, -0.1) is 0 Å². The van der Waals surface area contributed by atoms with Crippen LogP contribution in [0.3, 0.4) is 0 Å². The van der Waals surface area contributed by atoms with Crippen molar-refractivity contribution in [1.29, 1.82) is 0 Å². The highest BCUT2D eigenvalue weighted by molar-refractivity contribution is 7.91. The molecule has 2 aromatic rings. The molecule has 0 saturated heterocycles. The summed E-state index contributed by atoms with van der Waals surface area (Å²) in [6, 6.07) is 7.93. The minimum absolute atomic E-state index is 0.0486. The fraction of sp³-hybridized carbons (Fsp3) is 0.333. The van der Waals surface area contributed by atoms with Crippen LogP contribution < -0.4 is 9.46 Å². The Labute approximate surface area is 130 Å². The van der Waals surface area contributed by atoms with Crippen LogP contribution in [0.1, 0.15) is 30.9 Å². The summed E-state index contributed by atoms with van der Waals surface area (Å²) < 4.78 is 30.0. The Bertz CT molecular complexity index is 711.